The van der Waals surface area contributed by atoms with E-state index >= 15 is 0 Å². The predicted octanol–water partition coefficient (Wildman–Crippen LogP) is 1.07. The van der Waals surface area contributed by atoms with Crippen LogP contribution in [0, 0.1) is 5.82 Å². The number of nitrogens with zero attached hydrogens (tertiary/aromatic N) is 4. The van der Waals surface area contributed by atoms with E-state index in [1.54, 1.807) is 30.2 Å². The molecular formula is C17H21FN6O. The average Bonchev–Trinajstić information content (AvgIpc) is 3.12. The lowest BCUT2D eigenvalue weighted by Gasteiger charge is -2.14. The van der Waals surface area contributed by atoms with Crippen LogP contribution in [0.5, 0.6) is 0 Å². The zero-order chi connectivity index (χ0) is 18.0. The van der Waals surface area contributed by atoms with Crippen LogP contribution in [0.4, 0.5) is 4.39 Å². The summed E-state index contributed by atoms with van der Waals surface area (Å²) in [5, 5.41) is 9.99. The molecule has 0 bridgehead atoms. The molecule has 8 heteroatoms. The minimum atomic E-state index is -0.455. The SMILES string of the molecule is CNC(C(=O)NCCc1nc2cc(F)ccc2n1C)c1cnn(C)c1. The van der Waals surface area contributed by atoms with Gasteiger partial charge in [0.1, 0.15) is 17.7 Å². The molecule has 0 saturated heterocycles. The van der Waals surface area contributed by atoms with Gasteiger partial charge in [-0.1, -0.05) is 0 Å². The Labute approximate surface area is 144 Å². The number of fused-ring (bicyclic) bond motifs is 1. The highest BCUT2D eigenvalue weighted by molar-refractivity contribution is 5.83. The number of halogens is 1. The second-order valence-corrected chi connectivity index (χ2v) is 5.93. The molecule has 2 heterocycles. The topological polar surface area (TPSA) is 76.8 Å². The van der Waals surface area contributed by atoms with E-state index in [9.17, 15) is 9.18 Å². The fourth-order valence-electron chi connectivity index (χ4n) is 2.88. The summed E-state index contributed by atoms with van der Waals surface area (Å²) in [5.41, 5.74) is 2.29. The lowest BCUT2D eigenvalue weighted by molar-refractivity contribution is -0.123. The molecule has 1 aromatic carbocycles. The van der Waals surface area contributed by atoms with Crippen molar-refractivity contribution in [2.75, 3.05) is 13.6 Å². The molecule has 132 valence electrons. The van der Waals surface area contributed by atoms with Gasteiger partial charge >= 0.3 is 0 Å². The van der Waals surface area contributed by atoms with Crippen LogP contribution in [-0.4, -0.2) is 38.8 Å². The van der Waals surface area contributed by atoms with Crippen LogP contribution in [0.2, 0.25) is 0 Å². The monoisotopic (exact) mass is 344 g/mol. The number of hydrogen-bond acceptors (Lipinski definition) is 4. The van der Waals surface area contributed by atoms with Gasteiger partial charge in [-0.05, 0) is 19.2 Å². The number of amides is 1. The number of rotatable bonds is 6. The van der Waals surface area contributed by atoms with Crippen LogP contribution < -0.4 is 10.6 Å². The van der Waals surface area contributed by atoms with Crippen LogP contribution in [-0.2, 0) is 25.3 Å². The van der Waals surface area contributed by atoms with E-state index in [-0.39, 0.29) is 11.7 Å². The van der Waals surface area contributed by atoms with Crippen LogP contribution >= 0.6 is 0 Å². The first-order valence-electron chi connectivity index (χ1n) is 8.04. The maximum Gasteiger partial charge on any atom is 0.241 e. The van der Waals surface area contributed by atoms with E-state index < -0.39 is 6.04 Å². The minimum absolute atomic E-state index is 0.125. The van der Waals surface area contributed by atoms with Gasteiger partial charge in [0.05, 0.1) is 17.2 Å². The highest BCUT2D eigenvalue weighted by Gasteiger charge is 2.19. The normalized spacial score (nSPS) is 12.5. The number of likely N-dealkylation sites (N-methyl/N-ethyl adjacent to an activating group) is 1. The zero-order valence-corrected chi connectivity index (χ0v) is 14.5. The zero-order valence-electron chi connectivity index (χ0n) is 14.5. The van der Waals surface area contributed by atoms with E-state index in [0.717, 1.165) is 16.9 Å². The van der Waals surface area contributed by atoms with Crippen LogP contribution in [0.25, 0.3) is 11.0 Å². The van der Waals surface area contributed by atoms with Crippen molar-refractivity contribution in [1.82, 2.24) is 30.0 Å². The minimum Gasteiger partial charge on any atom is -0.354 e. The Morgan fingerprint density at radius 1 is 1.36 bits per heavy atom. The lowest BCUT2D eigenvalue weighted by atomic mass is 10.1. The molecule has 1 atom stereocenters. The smallest absolute Gasteiger partial charge is 0.241 e. The van der Waals surface area contributed by atoms with Crippen molar-refractivity contribution in [3.05, 3.63) is 47.8 Å². The van der Waals surface area contributed by atoms with Gasteiger partial charge in [-0.2, -0.15) is 5.10 Å². The summed E-state index contributed by atoms with van der Waals surface area (Å²) in [6.07, 6.45) is 4.03. The molecule has 1 unspecified atom stereocenters. The van der Waals surface area contributed by atoms with Gasteiger partial charge in [0.25, 0.3) is 0 Å². The van der Waals surface area contributed by atoms with Gasteiger partial charge in [-0.3, -0.25) is 9.48 Å². The Morgan fingerprint density at radius 3 is 2.84 bits per heavy atom. The van der Waals surface area contributed by atoms with Gasteiger partial charge in [-0.15, -0.1) is 0 Å². The van der Waals surface area contributed by atoms with Gasteiger partial charge in [0.2, 0.25) is 5.91 Å². The third-order valence-electron chi connectivity index (χ3n) is 4.19. The Balaban J connectivity index is 1.64. The van der Waals surface area contributed by atoms with Gasteiger partial charge in [0.15, 0.2) is 0 Å². The third kappa shape index (κ3) is 3.53. The highest BCUT2D eigenvalue weighted by Crippen LogP contribution is 2.16. The van der Waals surface area contributed by atoms with Crippen molar-refractivity contribution in [3.8, 4) is 0 Å². The Bertz CT molecular complexity index is 900. The number of hydrogen-bond donors (Lipinski definition) is 2. The summed E-state index contributed by atoms with van der Waals surface area (Å²) in [6, 6.07) is 4.08. The third-order valence-corrected chi connectivity index (χ3v) is 4.19. The summed E-state index contributed by atoms with van der Waals surface area (Å²) in [6.45, 7) is 0.441. The number of carbonyl (C=O) groups excluding carboxylic acids is 1. The predicted molar refractivity (Wildman–Crippen MR) is 92.4 cm³/mol. The van der Waals surface area contributed by atoms with Crippen molar-refractivity contribution < 1.29 is 9.18 Å². The summed E-state index contributed by atoms with van der Waals surface area (Å²) in [4.78, 5) is 16.8. The Kier molecular flexibility index (Phi) is 4.80. The first-order valence-corrected chi connectivity index (χ1v) is 8.04. The van der Waals surface area contributed by atoms with E-state index in [0.29, 0.717) is 18.5 Å². The molecule has 2 aromatic heterocycles. The van der Waals surface area contributed by atoms with Crippen molar-refractivity contribution in [1.29, 1.82) is 0 Å². The van der Waals surface area contributed by atoms with Crippen molar-refractivity contribution in [2.45, 2.75) is 12.5 Å². The maximum absolute atomic E-state index is 13.3. The van der Waals surface area contributed by atoms with Crippen LogP contribution in [0.1, 0.15) is 17.4 Å². The fraction of sp³-hybridized carbons (Fsp3) is 0.353. The summed E-state index contributed by atoms with van der Waals surface area (Å²) in [7, 11) is 5.43. The molecule has 0 aliphatic heterocycles. The lowest BCUT2D eigenvalue weighted by Crippen LogP contribution is -2.37. The molecule has 7 nitrogen and oxygen atoms in total. The standard InChI is InChI=1S/C17H21FN6O/c1-19-16(11-9-21-23(2)10-11)17(25)20-7-6-15-22-13-8-12(18)4-5-14(13)24(15)3/h4-5,8-10,16,19H,6-7H2,1-3H3,(H,20,25). The van der Waals surface area contributed by atoms with Crippen molar-refractivity contribution in [3.63, 3.8) is 0 Å². The molecule has 0 fully saturated rings. The quantitative estimate of drug-likeness (QED) is 0.701. The van der Waals surface area contributed by atoms with Crippen LogP contribution in [0.15, 0.2) is 30.6 Å². The molecule has 0 aliphatic rings. The molecule has 0 radical (unpaired) electrons. The Hall–Kier alpha value is -2.74. The van der Waals surface area contributed by atoms with E-state index in [1.165, 1.54) is 12.1 Å². The summed E-state index contributed by atoms with van der Waals surface area (Å²) >= 11 is 0. The van der Waals surface area contributed by atoms with Gasteiger partial charge < -0.3 is 15.2 Å². The van der Waals surface area contributed by atoms with Gasteiger partial charge in [0, 0.05) is 44.9 Å². The molecule has 1 amide bonds. The Morgan fingerprint density at radius 2 is 2.16 bits per heavy atom. The molecule has 3 aromatic rings. The molecule has 25 heavy (non-hydrogen) atoms. The summed E-state index contributed by atoms with van der Waals surface area (Å²) in [5.74, 6) is 0.363. The number of imidazole rings is 1. The van der Waals surface area contributed by atoms with E-state index in [4.69, 9.17) is 0 Å². The molecular weight excluding hydrogens is 323 g/mol. The average molecular weight is 344 g/mol. The summed E-state index contributed by atoms with van der Waals surface area (Å²) < 4.78 is 16.9. The molecule has 0 saturated carbocycles. The number of carbonyl (C=O) groups is 1. The van der Waals surface area contributed by atoms with E-state index in [2.05, 4.69) is 20.7 Å². The maximum atomic E-state index is 13.3. The fourth-order valence-corrected chi connectivity index (χ4v) is 2.88. The van der Waals surface area contributed by atoms with E-state index in [1.807, 2.05) is 18.7 Å². The van der Waals surface area contributed by atoms with Crippen molar-refractivity contribution in [2.24, 2.45) is 14.1 Å². The number of aryl methyl sites for hydroxylation is 2. The van der Waals surface area contributed by atoms with Crippen LogP contribution in [0.3, 0.4) is 0 Å². The second kappa shape index (κ2) is 7.02. The van der Waals surface area contributed by atoms with Gasteiger partial charge in [-0.25, -0.2) is 9.37 Å². The molecule has 0 aliphatic carbocycles. The molecule has 3 rings (SSSR count). The second-order valence-electron chi connectivity index (χ2n) is 5.93. The molecule has 2 N–H and O–H groups in total. The number of benzene rings is 1. The number of nitrogens with one attached hydrogen (secondary N) is 2. The highest BCUT2D eigenvalue weighted by atomic mass is 19.1. The first-order chi connectivity index (χ1) is 12.0. The van der Waals surface area contributed by atoms with Crippen molar-refractivity contribution >= 4 is 16.9 Å². The number of aromatic nitrogens is 4. The first kappa shape index (κ1) is 17.1. The largest absolute Gasteiger partial charge is 0.354 e. The molecule has 0 spiro atoms.